The van der Waals surface area contributed by atoms with Gasteiger partial charge in [0.2, 0.25) is 5.91 Å². The lowest BCUT2D eigenvalue weighted by atomic mass is 10.2. The molecule has 0 aliphatic carbocycles. The number of nitrogen functional groups attached to an aromatic ring is 1. The van der Waals surface area contributed by atoms with Gasteiger partial charge in [-0.2, -0.15) is 0 Å². The monoisotopic (exact) mass is 242 g/mol. The molecule has 0 atom stereocenters. The number of anilines is 1. The molecule has 0 unspecified atom stereocenters. The zero-order chi connectivity index (χ0) is 13.1. The maximum Gasteiger partial charge on any atom is 0.248 e. The van der Waals surface area contributed by atoms with Crippen LogP contribution in [0.25, 0.3) is 0 Å². The van der Waals surface area contributed by atoms with Crippen LogP contribution in [0.4, 0.5) is 5.69 Å². The maximum absolute atomic E-state index is 10.9. The molecule has 0 heterocycles. The van der Waals surface area contributed by atoms with Crippen molar-refractivity contribution in [3.05, 3.63) is 53.6 Å². The van der Waals surface area contributed by atoms with Crippen LogP contribution in [0.2, 0.25) is 0 Å². The predicted octanol–water partition coefficient (Wildman–Crippen LogP) is 2.47. The van der Waals surface area contributed by atoms with Crippen LogP contribution in [0.5, 0.6) is 11.5 Å². The number of aryl methyl sites for hydroxylation is 1. The molecule has 0 aliphatic heterocycles. The van der Waals surface area contributed by atoms with Gasteiger partial charge >= 0.3 is 0 Å². The van der Waals surface area contributed by atoms with Crippen LogP contribution in [0, 0.1) is 6.92 Å². The van der Waals surface area contributed by atoms with Crippen molar-refractivity contribution in [3.63, 3.8) is 0 Å². The van der Waals surface area contributed by atoms with E-state index in [0.717, 1.165) is 5.56 Å². The minimum atomic E-state index is -0.461. The van der Waals surface area contributed by atoms with Gasteiger partial charge in [0.25, 0.3) is 0 Å². The number of hydrogen-bond donors (Lipinski definition) is 2. The third kappa shape index (κ3) is 2.60. The third-order valence-corrected chi connectivity index (χ3v) is 2.54. The number of nitrogens with two attached hydrogens (primary N) is 2. The third-order valence-electron chi connectivity index (χ3n) is 2.54. The van der Waals surface area contributed by atoms with Gasteiger partial charge in [-0.3, -0.25) is 4.79 Å². The summed E-state index contributed by atoms with van der Waals surface area (Å²) in [4.78, 5) is 10.9. The van der Waals surface area contributed by atoms with E-state index in [-0.39, 0.29) is 0 Å². The summed E-state index contributed by atoms with van der Waals surface area (Å²) < 4.78 is 5.65. The highest BCUT2D eigenvalue weighted by atomic mass is 16.5. The van der Waals surface area contributed by atoms with E-state index in [1.165, 1.54) is 0 Å². The molecule has 0 radical (unpaired) electrons. The first-order valence-corrected chi connectivity index (χ1v) is 5.50. The van der Waals surface area contributed by atoms with E-state index in [9.17, 15) is 4.79 Å². The minimum absolute atomic E-state index is 0.444. The fourth-order valence-electron chi connectivity index (χ4n) is 1.54. The normalized spacial score (nSPS) is 10.1. The molecule has 2 aromatic rings. The number of carbonyl (C=O) groups excluding carboxylic acids is 1. The van der Waals surface area contributed by atoms with E-state index in [1.54, 1.807) is 30.3 Å². The zero-order valence-corrected chi connectivity index (χ0v) is 10.0. The lowest BCUT2D eigenvalue weighted by Crippen LogP contribution is -2.10. The Balaban J connectivity index is 2.23. The molecule has 92 valence electrons. The van der Waals surface area contributed by atoms with Crippen molar-refractivity contribution in [2.75, 3.05) is 5.73 Å². The molecular weight excluding hydrogens is 228 g/mol. The van der Waals surface area contributed by atoms with Crippen molar-refractivity contribution in [1.29, 1.82) is 0 Å². The molecular formula is C14H14N2O2. The van der Waals surface area contributed by atoms with Crippen LogP contribution in [0.3, 0.4) is 0 Å². The van der Waals surface area contributed by atoms with Gasteiger partial charge in [0.15, 0.2) is 5.75 Å². The Hall–Kier alpha value is -2.49. The van der Waals surface area contributed by atoms with Crippen LogP contribution >= 0.6 is 0 Å². The minimum Gasteiger partial charge on any atom is -0.455 e. The number of primary amides is 1. The largest absolute Gasteiger partial charge is 0.455 e. The Labute approximate surface area is 105 Å². The first-order valence-electron chi connectivity index (χ1n) is 5.50. The second-order valence-electron chi connectivity index (χ2n) is 4.03. The molecule has 0 fully saturated rings. The number of carbonyl (C=O) groups is 1. The summed E-state index contributed by atoms with van der Waals surface area (Å²) in [5, 5.41) is 0. The highest BCUT2D eigenvalue weighted by Crippen LogP contribution is 2.28. The summed E-state index contributed by atoms with van der Waals surface area (Å²) in [5.74, 6) is 0.746. The summed E-state index contributed by atoms with van der Waals surface area (Å²) in [5.41, 5.74) is 13.1. The molecule has 0 spiro atoms. The number of ether oxygens (including phenoxy) is 1. The number of hydrogen-bond acceptors (Lipinski definition) is 3. The maximum atomic E-state index is 10.9. The molecule has 4 heteroatoms. The molecule has 0 saturated carbocycles. The van der Waals surface area contributed by atoms with Crippen LogP contribution in [-0.4, -0.2) is 5.91 Å². The van der Waals surface area contributed by atoms with Gasteiger partial charge in [0.1, 0.15) is 5.75 Å². The molecule has 18 heavy (non-hydrogen) atoms. The van der Waals surface area contributed by atoms with E-state index in [1.807, 2.05) is 19.1 Å². The molecule has 0 saturated heterocycles. The first kappa shape index (κ1) is 12.0. The topological polar surface area (TPSA) is 78.3 Å². The van der Waals surface area contributed by atoms with Crippen LogP contribution in [0.1, 0.15) is 15.9 Å². The summed E-state index contributed by atoms with van der Waals surface area (Å²) in [6.45, 7) is 1.96. The van der Waals surface area contributed by atoms with Crippen molar-refractivity contribution >= 4 is 11.6 Å². The Morgan fingerprint density at radius 2 is 1.78 bits per heavy atom. The van der Waals surface area contributed by atoms with Gasteiger partial charge in [-0.05, 0) is 48.9 Å². The average molecular weight is 242 g/mol. The highest BCUT2D eigenvalue weighted by molar-refractivity contribution is 5.92. The Morgan fingerprint density at radius 1 is 1.11 bits per heavy atom. The lowest BCUT2D eigenvalue weighted by molar-refractivity contribution is 0.100. The van der Waals surface area contributed by atoms with Crippen LogP contribution in [-0.2, 0) is 0 Å². The fraction of sp³-hybridized carbons (Fsp3) is 0.0714. The van der Waals surface area contributed by atoms with Gasteiger partial charge in [0.05, 0.1) is 5.69 Å². The van der Waals surface area contributed by atoms with Gasteiger partial charge in [-0.1, -0.05) is 6.07 Å². The first-order chi connectivity index (χ1) is 8.56. The Bertz CT molecular complexity index is 577. The predicted molar refractivity (Wildman–Crippen MR) is 70.6 cm³/mol. The van der Waals surface area contributed by atoms with Crippen LogP contribution in [0.15, 0.2) is 42.5 Å². The summed E-state index contributed by atoms with van der Waals surface area (Å²) in [7, 11) is 0. The van der Waals surface area contributed by atoms with Crippen molar-refractivity contribution in [2.24, 2.45) is 5.73 Å². The molecule has 2 aromatic carbocycles. The molecule has 4 nitrogen and oxygen atoms in total. The number of benzene rings is 2. The second kappa shape index (κ2) is 4.79. The Kier molecular flexibility index (Phi) is 3.19. The Morgan fingerprint density at radius 3 is 2.39 bits per heavy atom. The zero-order valence-electron chi connectivity index (χ0n) is 10.0. The van der Waals surface area contributed by atoms with E-state index >= 15 is 0 Å². The van der Waals surface area contributed by atoms with Crippen LogP contribution < -0.4 is 16.2 Å². The van der Waals surface area contributed by atoms with Gasteiger partial charge < -0.3 is 16.2 Å². The standard InChI is InChI=1S/C14H14N2O2/c1-9-2-7-12(15)13(8-9)18-11-5-3-10(4-6-11)14(16)17/h2-8H,15H2,1H3,(H2,16,17). The van der Waals surface area contributed by atoms with Crippen molar-refractivity contribution in [2.45, 2.75) is 6.92 Å². The fourth-order valence-corrected chi connectivity index (χ4v) is 1.54. The number of rotatable bonds is 3. The van der Waals surface area contributed by atoms with Crippen molar-refractivity contribution < 1.29 is 9.53 Å². The quantitative estimate of drug-likeness (QED) is 0.811. The summed E-state index contributed by atoms with van der Waals surface area (Å²) >= 11 is 0. The SMILES string of the molecule is Cc1ccc(N)c(Oc2ccc(C(N)=O)cc2)c1. The number of amides is 1. The second-order valence-corrected chi connectivity index (χ2v) is 4.03. The van der Waals surface area contributed by atoms with E-state index in [2.05, 4.69) is 0 Å². The summed E-state index contributed by atoms with van der Waals surface area (Å²) in [6, 6.07) is 12.2. The van der Waals surface area contributed by atoms with Crippen molar-refractivity contribution in [1.82, 2.24) is 0 Å². The van der Waals surface area contributed by atoms with E-state index in [0.29, 0.717) is 22.7 Å². The van der Waals surface area contributed by atoms with Crippen molar-refractivity contribution in [3.8, 4) is 11.5 Å². The highest BCUT2D eigenvalue weighted by Gasteiger charge is 2.04. The van der Waals surface area contributed by atoms with E-state index in [4.69, 9.17) is 16.2 Å². The average Bonchev–Trinajstić information content (AvgIpc) is 2.34. The molecule has 1 amide bonds. The summed E-state index contributed by atoms with van der Waals surface area (Å²) in [6.07, 6.45) is 0. The molecule has 0 bridgehead atoms. The molecule has 2 rings (SSSR count). The molecule has 4 N–H and O–H groups in total. The molecule has 0 aliphatic rings. The van der Waals surface area contributed by atoms with Gasteiger partial charge in [-0.25, -0.2) is 0 Å². The van der Waals surface area contributed by atoms with Gasteiger partial charge in [0, 0.05) is 5.56 Å². The lowest BCUT2D eigenvalue weighted by Gasteiger charge is -2.09. The molecule has 0 aromatic heterocycles. The van der Waals surface area contributed by atoms with E-state index < -0.39 is 5.91 Å². The van der Waals surface area contributed by atoms with Gasteiger partial charge in [-0.15, -0.1) is 0 Å². The smallest absolute Gasteiger partial charge is 0.248 e.